The molecule has 2 nitrogen and oxygen atoms in total. The predicted octanol–water partition coefficient (Wildman–Crippen LogP) is 1.85. The summed E-state index contributed by atoms with van der Waals surface area (Å²) >= 11 is 0. The van der Waals surface area contributed by atoms with Crippen LogP contribution in [-0.2, 0) is 0 Å². The van der Waals surface area contributed by atoms with Crippen LogP contribution in [0.3, 0.4) is 0 Å². The SMILES string of the molecule is C=CC(C)=CCCC(C)C(O)O. The monoisotopic (exact) mass is 170 g/mol. The summed E-state index contributed by atoms with van der Waals surface area (Å²) in [6.07, 6.45) is 4.31. The minimum Gasteiger partial charge on any atom is -0.368 e. The molecular weight excluding hydrogens is 152 g/mol. The Morgan fingerprint density at radius 1 is 1.50 bits per heavy atom. The van der Waals surface area contributed by atoms with E-state index in [1.165, 1.54) is 0 Å². The third-order valence-electron chi connectivity index (χ3n) is 1.92. The Balaban J connectivity index is 3.62. The van der Waals surface area contributed by atoms with Crippen molar-refractivity contribution in [2.75, 3.05) is 0 Å². The zero-order chi connectivity index (χ0) is 9.56. The van der Waals surface area contributed by atoms with E-state index in [2.05, 4.69) is 6.58 Å². The van der Waals surface area contributed by atoms with Crippen LogP contribution >= 0.6 is 0 Å². The van der Waals surface area contributed by atoms with Crippen LogP contribution in [0.15, 0.2) is 24.3 Å². The van der Waals surface area contributed by atoms with Crippen LogP contribution in [0.4, 0.5) is 0 Å². The molecule has 0 fully saturated rings. The topological polar surface area (TPSA) is 40.5 Å². The summed E-state index contributed by atoms with van der Waals surface area (Å²) in [7, 11) is 0. The van der Waals surface area contributed by atoms with Crippen molar-refractivity contribution in [3.05, 3.63) is 24.3 Å². The van der Waals surface area contributed by atoms with Crippen molar-refractivity contribution in [2.45, 2.75) is 33.0 Å². The van der Waals surface area contributed by atoms with E-state index >= 15 is 0 Å². The van der Waals surface area contributed by atoms with E-state index in [0.29, 0.717) is 0 Å². The van der Waals surface area contributed by atoms with Crippen molar-refractivity contribution < 1.29 is 10.2 Å². The zero-order valence-corrected chi connectivity index (χ0v) is 7.83. The lowest BCUT2D eigenvalue weighted by molar-refractivity contribution is -0.0800. The molecule has 0 aromatic rings. The van der Waals surface area contributed by atoms with Gasteiger partial charge in [0.25, 0.3) is 0 Å². The maximum atomic E-state index is 8.76. The lowest BCUT2D eigenvalue weighted by atomic mass is 10.0. The molecule has 0 aromatic carbocycles. The van der Waals surface area contributed by atoms with Crippen molar-refractivity contribution in [1.29, 1.82) is 0 Å². The second kappa shape index (κ2) is 5.98. The molecule has 0 aliphatic heterocycles. The molecule has 1 atom stereocenters. The first-order valence-corrected chi connectivity index (χ1v) is 4.23. The first-order valence-electron chi connectivity index (χ1n) is 4.23. The highest BCUT2D eigenvalue weighted by molar-refractivity contribution is 5.12. The number of hydrogen-bond donors (Lipinski definition) is 2. The van der Waals surface area contributed by atoms with Gasteiger partial charge in [-0.1, -0.05) is 31.2 Å². The molecule has 0 aromatic heterocycles. The van der Waals surface area contributed by atoms with Gasteiger partial charge >= 0.3 is 0 Å². The van der Waals surface area contributed by atoms with E-state index < -0.39 is 6.29 Å². The fourth-order valence-electron chi connectivity index (χ4n) is 0.806. The molecule has 0 aliphatic rings. The summed E-state index contributed by atoms with van der Waals surface area (Å²) in [5, 5.41) is 17.5. The Morgan fingerprint density at radius 2 is 2.08 bits per heavy atom. The zero-order valence-electron chi connectivity index (χ0n) is 7.83. The third-order valence-corrected chi connectivity index (χ3v) is 1.92. The maximum absolute atomic E-state index is 8.76. The van der Waals surface area contributed by atoms with Gasteiger partial charge in [-0.05, 0) is 19.8 Å². The van der Waals surface area contributed by atoms with Crippen LogP contribution in [0.1, 0.15) is 26.7 Å². The molecule has 0 amide bonds. The van der Waals surface area contributed by atoms with Gasteiger partial charge in [-0.3, -0.25) is 0 Å². The summed E-state index contributed by atoms with van der Waals surface area (Å²) in [6, 6.07) is 0. The molecular formula is C10H18O2. The predicted molar refractivity (Wildman–Crippen MR) is 50.6 cm³/mol. The Hall–Kier alpha value is -0.600. The molecule has 0 heterocycles. The fraction of sp³-hybridized carbons (Fsp3) is 0.600. The second-order valence-corrected chi connectivity index (χ2v) is 3.12. The van der Waals surface area contributed by atoms with Crippen LogP contribution in [-0.4, -0.2) is 16.5 Å². The Kier molecular flexibility index (Phi) is 5.68. The van der Waals surface area contributed by atoms with Crippen LogP contribution in [0, 0.1) is 5.92 Å². The van der Waals surface area contributed by atoms with Crippen molar-refractivity contribution in [3.63, 3.8) is 0 Å². The third kappa shape index (κ3) is 5.10. The highest BCUT2D eigenvalue weighted by atomic mass is 16.5. The Morgan fingerprint density at radius 3 is 2.50 bits per heavy atom. The van der Waals surface area contributed by atoms with Crippen LogP contribution in [0.25, 0.3) is 0 Å². The Labute approximate surface area is 74.2 Å². The average Bonchev–Trinajstić information content (AvgIpc) is 2.03. The van der Waals surface area contributed by atoms with Crippen molar-refractivity contribution in [1.82, 2.24) is 0 Å². The molecule has 12 heavy (non-hydrogen) atoms. The van der Waals surface area contributed by atoms with Gasteiger partial charge in [0.2, 0.25) is 0 Å². The molecule has 0 rings (SSSR count). The number of aliphatic hydroxyl groups excluding tert-OH is 1. The Bertz CT molecular complexity index is 159. The molecule has 0 saturated carbocycles. The van der Waals surface area contributed by atoms with E-state index in [9.17, 15) is 0 Å². The summed E-state index contributed by atoms with van der Waals surface area (Å²) in [5.41, 5.74) is 1.13. The second-order valence-electron chi connectivity index (χ2n) is 3.12. The van der Waals surface area contributed by atoms with Gasteiger partial charge in [-0.2, -0.15) is 0 Å². The molecule has 2 N–H and O–H groups in total. The quantitative estimate of drug-likeness (QED) is 0.488. The molecule has 0 aliphatic carbocycles. The van der Waals surface area contributed by atoms with Crippen LogP contribution in [0.5, 0.6) is 0 Å². The summed E-state index contributed by atoms with van der Waals surface area (Å²) in [4.78, 5) is 0. The largest absolute Gasteiger partial charge is 0.368 e. The van der Waals surface area contributed by atoms with Crippen LogP contribution < -0.4 is 0 Å². The summed E-state index contributed by atoms with van der Waals surface area (Å²) in [6.45, 7) is 7.43. The van der Waals surface area contributed by atoms with E-state index in [0.717, 1.165) is 18.4 Å². The standard InChI is InChI=1S/C10H18O2/c1-4-8(2)6-5-7-9(3)10(11)12/h4,6,9-12H,1,5,7H2,2-3H3. The first-order chi connectivity index (χ1) is 5.57. The molecule has 1 unspecified atom stereocenters. The lowest BCUT2D eigenvalue weighted by Gasteiger charge is -2.11. The average molecular weight is 170 g/mol. The van der Waals surface area contributed by atoms with Gasteiger partial charge in [0.05, 0.1) is 0 Å². The number of rotatable bonds is 5. The molecule has 0 radical (unpaired) electrons. The molecule has 0 spiro atoms. The van der Waals surface area contributed by atoms with Gasteiger partial charge in [0.1, 0.15) is 0 Å². The fourth-order valence-corrected chi connectivity index (χ4v) is 0.806. The normalized spacial score (nSPS) is 14.9. The van der Waals surface area contributed by atoms with Gasteiger partial charge < -0.3 is 10.2 Å². The highest BCUT2D eigenvalue weighted by Gasteiger charge is 2.08. The number of aliphatic hydroxyl groups is 2. The van der Waals surface area contributed by atoms with E-state index in [1.807, 2.05) is 19.9 Å². The van der Waals surface area contributed by atoms with Gasteiger partial charge in [0.15, 0.2) is 6.29 Å². The van der Waals surface area contributed by atoms with Gasteiger partial charge in [0, 0.05) is 5.92 Å². The minimum atomic E-state index is -1.19. The number of hydrogen-bond acceptors (Lipinski definition) is 2. The highest BCUT2D eigenvalue weighted by Crippen LogP contribution is 2.10. The molecule has 0 bridgehead atoms. The van der Waals surface area contributed by atoms with E-state index in [4.69, 9.17) is 10.2 Å². The van der Waals surface area contributed by atoms with Crippen LogP contribution in [0.2, 0.25) is 0 Å². The smallest absolute Gasteiger partial charge is 0.154 e. The molecule has 0 saturated heterocycles. The van der Waals surface area contributed by atoms with Crippen molar-refractivity contribution >= 4 is 0 Å². The van der Waals surface area contributed by atoms with Crippen molar-refractivity contribution in [2.24, 2.45) is 5.92 Å². The van der Waals surface area contributed by atoms with E-state index in [1.54, 1.807) is 6.08 Å². The van der Waals surface area contributed by atoms with Gasteiger partial charge in [-0.25, -0.2) is 0 Å². The summed E-state index contributed by atoms with van der Waals surface area (Å²) < 4.78 is 0. The van der Waals surface area contributed by atoms with E-state index in [-0.39, 0.29) is 5.92 Å². The summed E-state index contributed by atoms with van der Waals surface area (Å²) in [5.74, 6) is -0.0566. The first kappa shape index (κ1) is 11.4. The van der Waals surface area contributed by atoms with Gasteiger partial charge in [-0.15, -0.1) is 0 Å². The number of allylic oxidation sites excluding steroid dienone is 3. The molecule has 70 valence electrons. The lowest BCUT2D eigenvalue weighted by Crippen LogP contribution is -2.15. The minimum absolute atomic E-state index is 0.0566. The van der Waals surface area contributed by atoms with Crippen molar-refractivity contribution in [3.8, 4) is 0 Å². The molecule has 2 heteroatoms. The maximum Gasteiger partial charge on any atom is 0.154 e.